The molecule has 1 aliphatic heterocycles. The number of imide groups is 1. The Morgan fingerprint density at radius 3 is 2.06 bits per heavy atom. The Bertz CT molecular complexity index is 1160. The van der Waals surface area contributed by atoms with E-state index in [0.717, 1.165) is 42.6 Å². The molecular formula is C39H63N3O8. The number of primary amides is 1. The molecule has 3 N–H and O–H groups in total. The number of nitrogens with one attached hydrogen (secondary N) is 1. The van der Waals surface area contributed by atoms with Crippen LogP contribution in [0.5, 0.6) is 0 Å². The van der Waals surface area contributed by atoms with Crippen molar-refractivity contribution in [1.82, 2.24) is 10.2 Å². The van der Waals surface area contributed by atoms with E-state index in [1.807, 2.05) is 30.3 Å². The van der Waals surface area contributed by atoms with Gasteiger partial charge in [-0.1, -0.05) is 101 Å². The Kier molecular flexibility index (Phi) is 20.4. The molecule has 1 aromatic carbocycles. The maximum atomic E-state index is 13.9. The molecule has 11 heteroatoms. The van der Waals surface area contributed by atoms with Crippen molar-refractivity contribution in [1.29, 1.82) is 0 Å². The molecule has 0 aliphatic carbocycles. The van der Waals surface area contributed by atoms with E-state index in [-0.39, 0.29) is 32.3 Å². The zero-order valence-electron chi connectivity index (χ0n) is 31.1. The number of carbonyl (C=O) groups excluding carboxylic acids is 5. The topological polar surface area (TPSA) is 154 Å². The molecule has 11 nitrogen and oxygen atoms in total. The normalized spacial score (nSPS) is 15.6. The number of nitrogens with two attached hydrogens (primary N) is 1. The molecule has 1 aromatic rings. The number of amides is 3. The number of rotatable bonds is 24. The first kappa shape index (κ1) is 42.7. The summed E-state index contributed by atoms with van der Waals surface area (Å²) < 4.78 is 16.9. The lowest BCUT2D eigenvalue weighted by Crippen LogP contribution is -2.56. The molecule has 3 amide bonds. The van der Waals surface area contributed by atoms with E-state index in [9.17, 15) is 24.0 Å². The molecule has 0 spiro atoms. The fraction of sp³-hybridized carbons (Fsp3) is 0.718. The van der Waals surface area contributed by atoms with Crippen LogP contribution in [-0.4, -0.2) is 65.1 Å². The Labute approximate surface area is 299 Å². The SMILES string of the molecule is CCCCCCCCCCCCC[C@@H](CC(N)=O)OC(=O)[C@H](CCCC(=O)OCc1ccccc1)N(C(=O)OC(C)(C)C)C(=O)[C@@H]1CCCN1. The number of benzene rings is 1. The van der Waals surface area contributed by atoms with Crippen molar-refractivity contribution in [3.8, 4) is 0 Å². The van der Waals surface area contributed by atoms with Gasteiger partial charge >= 0.3 is 18.0 Å². The maximum Gasteiger partial charge on any atom is 0.417 e. The van der Waals surface area contributed by atoms with Gasteiger partial charge in [-0.25, -0.2) is 14.5 Å². The molecule has 1 aliphatic rings. The van der Waals surface area contributed by atoms with Crippen molar-refractivity contribution in [2.24, 2.45) is 5.73 Å². The van der Waals surface area contributed by atoms with E-state index < -0.39 is 53.6 Å². The summed E-state index contributed by atoms with van der Waals surface area (Å²) in [6.45, 7) is 7.95. The summed E-state index contributed by atoms with van der Waals surface area (Å²) in [4.78, 5) is 66.8. The fourth-order valence-electron chi connectivity index (χ4n) is 6.05. The smallest absolute Gasteiger partial charge is 0.417 e. The molecule has 0 radical (unpaired) electrons. The average molecular weight is 702 g/mol. The van der Waals surface area contributed by atoms with Gasteiger partial charge in [0.25, 0.3) is 0 Å². The summed E-state index contributed by atoms with van der Waals surface area (Å²) in [5.41, 5.74) is 5.43. The number of carbonyl (C=O) groups is 5. The standard InChI is InChI=1S/C39H63N3O8/c1-5-6-7-8-9-10-11-12-13-14-18-23-31(28-34(40)43)49-37(46)33(25-19-26-35(44)48-29-30-21-16-15-17-22-30)42(38(47)50-39(2,3)4)36(45)32-24-20-27-41-32/h15-17,21-22,31-33,41H,5-14,18-20,23-29H2,1-4H3,(H2,40,43)/t31-,32-,33-/m0/s1. The first-order chi connectivity index (χ1) is 23.9. The van der Waals surface area contributed by atoms with Crippen molar-refractivity contribution in [2.75, 3.05) is 6.54 Å². The summed E-state index contributed by atoms with van der Waals surface area (Å²) in [7, 11) is 0. The van der Waals surface area contributed by atoms with Gasteiger partial charge in [-0.3, -0.25) is 14.4 Å². The van der Waals surface area contributed by atoms with Crippen LogP contribution in [0.25, 0.3) is 0 Å². The Morgan fingerprint density at radius 2 is 1.50 bits per heavy atom. The predicted octanol–water partition coefficient (Wildman–Crippen LogP) is 7.27. The van der Waals surface area contributed by atoms with Gasteiger partial charge in [-0.2, -0.15) is 0 Å². The molecule has 1 heterocycles. The number of hydrogen-bond acceptors (Lipinski definition) is 9. The minimum atomic E-state index is -1.38. The third-order valence-electron chi connectivity index (χ3n) is 8.71. The van der Waals surface area contributed by atoms with Crippen LogP contribution in [0.4, 0.5) is 4.79 Å². The lowest BCUT2D eigenvalue weighted by Gasteiger charge is -2.33. The molecular weight excluding hydrogens is 638 g/mol. The molecule has 3 atom stereocenters. The third kappa shape index (κ3) is 18.0. The maximum absolute atomic E-state index is 13.9. The second-order valence-electron chi connectivity index (χ2n) is 14.4. The van der Waals surface area contributed by atoms with E-state index in [0.29, 0.717) is 19.4 Å². The van der Waals surface area contributed by atoms with Crippen molar-refractivity contribution in [2.45, 2.75) is 174 Å². The van der Waals surface area contributed by atoms with Crippen LogP contribution in [0.1, 0.15) is 149 Å². The molecule has 282 valence electrons. The second kappa shape index (κ2) is 23.8. The number of nitrogens with zero attached hydrogens (tertiary/aromatic N) is 1. The van der Waals surface area contributed by atoms with Gasteiger partial charge < -0.3 is 25.3 Å². The zero-order chi connectivity index (χ0) is 36.8. The van der Waals surface area contributed by atoms with Crippen molar-refractivity contribution in [3.05, 3.63) is 35.9 Å². The van der Waals surface area contributed by atoms with Crippen LogP contribution in [0.3, 0.4) is 0 Å². The summed E-state index contributed by atoms with van der Waals surface area (Å²) in [6.07, 6.45) is 12.4. The monoisotopic (exact) mass is 701 g/mol. The first-order valence-electron chi connectivity index (χ1n) is 18.9. The lowest BCUT2D eigenvalue weighted by molar-refractivity contribution is -0.161. The van der Waals surface area contributed by atoms with Gasteiger partial charge in [0.2, 0.25) is 11.8 Å². The molecule has 0 aromatic heterocycles. The Hall–Kier alpha value is -3.47. The molecule has 0 bridgehead atoms. The fourth-order valence-corrected chi connectivity index (χ4v) is 6.05. The molecule has 0 saturated carbocycles. The molecule has 2 rings (SSSR count). The highest BCUT2D eigenvalue weighted by Gasteiger charge is 2.42. The van der Waals surface area contributed by atoms with Gasteiger partial charge in [0.15, 0.2) is 0 Å². The van der Waals surface area contributed by atoms with Gasteiger partial charge in [-0.05, 0) is 71.4 Å². The van der Waals surface area contributed by atoms with E-state index in [1.165, 1.54) is 44.9 Å². The quantitative estimate of drug-likeness (QED) is 0.0643. The van der Waals surface area contributed by atoms with Gasteiger partial charge in [0.1, 0.15) is 24.4 Å². The van der Waals surface area contributed by atoms with Crippen LogP contribution in [0, 0.1) is 0 Å². The minimum Gasteiger partial charge on any atom is -0.461 e. The van der Waals surface area contributed by atoms with Crippen molar-refractivity contribution < 1.29 is 38.2 Å². The van der Waals surface area contributed by atoms with E-state index in [2.05, 4.69) is 12.2 Å². The highest BCUT2D eigenvalue weighted by molar-refractivity contribution is 5.99. The molecule has 0 unspecified atom stereocenters. The summed E-state index contributed by atoms with van der Waals surface area (Å²) in [5.74, 6) is -2.52. The van der Waals surface area contributed by atoms with Crippen LogP contribution >= 0.6 is 0 Å². The van der Waals surface area contributed by atoms with Gasteiger partial charge in [-0.15, -0.1) is 0 Å². The highest BCUT2D eigenvalue weighted by atomic mass is 16.6. The average Bonchev–Trinajstić information content (AvgIpc) is 3.60. The van der Waals surface area contributed by atoms with Crippen LogP contribution < -0.4 is 11.1 Å². The van der Waals surface area contributed by atoms with E-state index in [4.69, 9.17) is 19.9 Å². The predicted molar refractivity (Wildman–Crippen MR) is 193 cm³/mol. The van der Waals surface area contributed by atoms with E-state index in [1.54, 1.807) is 20.8 Å². The summed E-state index contributed by atoms with van der Waals surface area (Å²) >= 11 is 0. The van der Waals surface area contributed by atoms with Crippen LogP contribution in [-0.2, 0) is 40.0 Å². The number of ether oxygens (including phenoxy) is 3. The van der Waals surface area contributed by atoms with Crippen LogP contribution in [0.15, 0.2) is 30.3 Å². The lowest BCUT2D eigenvalue weighted by atomic mass is 10.0. The first-order valence-corrected chi connectivity index (χ1v) is 18.9. The summed E-state index contributed by atoms with van der Waals surface area (Å²) in [5, 5.41) is 3.10. The van der Waals surface area contributed by atoms with E-state index >= 15 is 0 Å². The van der Waals surface area contributed by atoms with Crippen LogP contribution in [0.2, 0.25) is 0 Å². The molecule has 1 fully saturated rings. The third-order valence-corrected chi connectivity index (χ3v) is 8.71. The van der Waals surface area contributed by atoms with Crippen molar-refractivity contribution in [3.63, 3.8) is 0 Å². The minimum absolute atomic E-state index is 0.0436. The summed E-state index contributed by atoms with van der Waals surface area (Å²) in [6, 6.07) is 7.21. The second-order valence-corrected chi connectivity index (χ2v) is 14.4. The largest absolute Gasteiger partial charge is 0.461 e. The zero-order valence-corrected chi connectivity index (χ0v) is 31.1. The van der Waals surface area contributed by atoms with Crippen molar-refractivity contribution >= 4 is 29.8 Å². The highest BCUT2D eigenvalue weighted by Crippen LogP contribution is 2.23. The number of unbranched alkanes of at least 4 members (excludes halogenated alkanes) is 10. The number of hydrogen-bond donors (Lipinski definition) is 2. The Balaban J connectivity index is 2.11. The van der Waals surface area contributed by atoms with Gasteiger partial charge in [0, 0.05) is 6.42 Å². The molecule has 50 heavy (non-hydrogen) atoms. The number of esters is 2. The molecule has 1 saturated heterocycles. The van der Waals surface area contributed by atoms with Gasteiger partial charge in [0.05, 0.1) is 12.5 Å². The Morgan fingerprint density at radius 1 is 0.880 bits per heavy atom.